The van der Waals surface area contributed by atoms with Gasteiger partial charge in [0.1, 0.15) is 5.82 Å². The predicted molar refractivity (Wildman–Crippen MR) is 108 cm³/mol. The lowest BCUT2D eigenvalue weighted by Gasteiger charge is -2.24. The number of fused-ring (bicyclic) bond motifs is 1. The molecule has 3 rings (SSSR count). The monoisotopic (exact) mass is 389 g/mol. The molecule has 0 saturated carbocycles. The number of halogens is 1. The summed E-state index contributed by atoms with van der Waals surface area (Å²) < 4.78 is 2.18. The molecule has 0 spiro atoms. The summed E-state index contributed by atoms with van der Waals surface area (Å²) in [6, 6.07) is 5.58. The Hall–Kier alpha value is -2.08. The van der Waals surface area contributed by atoms with Crippen LogP contribution in [0.4, 0.5) is 10.5 Å². The number of benzene rings is 1. The Morgan fingerprint density at radius 3 is 2.93 bits per heavy atom. The van der Waals surface area contributed by atoms with Crippen LogP contribution in [0.1, 0.15) is 56.2 Å². The summed E-state index contributed by atoms with van der Waals surface area (Å²) in [7, 11) is 0. The predicted octanol–water partition coefficient (Wildman–Crippen LogP) is 4.48. The molecule has 1 aromatic carbocycles. The Morgan fingerprint density at radius 2 is 2.15 bits per heavy atom. The second-order valence-electron chi connectivity index (χ2n) is 7.10. The van der Waals surface area contributed by atoms with Gasteiger partial charge < -0.3 is 9.88 Å². The van der Waals surface area contributed by atoms with E-state index in [1.807, 2.05) is 25.1 Å². The first-order valence-electron chi connectivity index (χ1n) is 9.82. The van der Waals surface area contributed by atoms with Gasteiger partial charge in [-0.1, -0.05) is 37.4 Å². The molecule has 0 saturated heterocycles. The fourth-order valence-corrected chi connectivity index (χ4v) is 3.48. The Labute approximate surface area is 165 Å². The van der Waals surface area contributed by atoms with E-state index in [9.17, 15) is 4.79 Å². The van der Waals surface area contributed by atoms with Gasteiger partial charge in [-0.25, -0.2) is 4.79 Å². The number of carbonyl (C=O) groups is 1. The highest BCUT2D eigenvalue weighted by Crippen LogP contribution is 2.25. The van der Waals surface area contributed by atoms with Gasteiger partial charge in [0, 0.05) is 30.2 Å². The minimum Gasteiger partial charge on any atom is -0.338 e. The molecule has 6 nitrogen and oxygen atoms in total. The minimum absolute atomic E-state index is 0.130. The quantitative estimate of drug-likeness (QED) is 0.740. The van der Waals surface area contributed by atoms with Gasteiger partial charge in [-0.2, -0.15) is 0 Å². The molecule has 7 heteroatoms. The first-order chi connectivity index (χ1) is 13.1. The molecule has 2 aromatic rings. The SMILES string of the molecule is CCCCNC(=O)N(Cc1nnc2n1CCCCC2)c1ccc(C)c(Cl)c1. The summed E-state index contributed by atoms with van der Waals surface area (Å²) in [6.07, 6.45) is 6.41. The molecule has 146 valence electrons. The maximum Gasteiger partial charge on any atom is 0.322 e. The number of rotatable bonds is 6. The zero-order valence-corrected chi connectivity index (χ0v) is 16.9. The zero-order chi connectivity index (χ0) is 19.2. The van der Waals surface area contributed by atoms with Crippen LogP contribution in [-0.4, -0.2) is 27.3 Å². The minimum atomic E-state index is -0.130. The number of anilines is 1. The summed E-state index contributed by atoms with van der Waals surface area (Å²) in [5, 5.41) is 12.4. The van der Waals surface area contributed by atoms with Gasteiger partial charge in [0.25, 0.3) is 0 Å². The van der Waals surface area contributed by atoms with Crippen LogP contribution in [0.5, 0.6) is 0 Å². The number of urea groups is 1. The highest BCUT2D eigenvalue weighted by Gasteiger charge is 2.22. The van der Waals surface area contributed by atoms with E-state index >= 15 is 0 Å². The van der Waals surface area contributed by atoms with Crippen molar-refractivity contribution < 1.29 is 4.79 Å². The van der Waals surface area contributed by atoms with Gasteiger partial charge in [0.15, 0.2) is 5.82 Å². The van der Waals surface area contributed by atoms with Crippen LogP contribution in [-0.2, 0) is 19.5 Å². The summed E-state index contributed by atoms with van der Waals surface area (Å²) >= 11 is 6.32. The zero-order valence-electron chi connectivity index (χ0n) is 16.2. The first-order valence-corrected chi connectivity index (χ1v) is 10.2. The van der Waals surface area contributed by atoms with Crippen LogP contribution in [0.25, 0.3) is 0 Å². The second kappa shape index (κ2) is 9.22. The van der Waals surface area contributed by atoms with Crippen LogP contribution in [0.3, 0.4) is 0 Å². The van der Waals surface area contributed by atoms with Crippen molar-refractivity contribution in [1.82, 2.24) is 20.1 Å². The van der Waals surface area contributed by atoms with Gasteiger partial charge in [0.2, 0.25) is 0 Å². The number of aryl methyl sites for hydroxylation is 2. The number of carbonyl (C=O) groups excluding carboxylic acids is 1. The molecule has 0 atom stereocenters. The van der Waals surface area contributed by atoms with E-state index < -0.39 is 0 Å². The molecule has 0 fully saturated rings. The summed E-state index contributed by atoms with van der Waals surface area (Å²) in [4.78, 5) is 14.6. The third kappa shape index (κ3) is 4.80. The number of amides is 2. The molecule has 1 aromatic heterocycles. The Bertz CT molecular complexity index is 789. The second-order valence-corrected chi connectivity index (χ2v) is 7.51. The topological polar surface area (TPSA) is 63.1 Å². The van der Waals surface area contributed by atoms with Crippen LogP contribution in [0, 0.1) is 6.92 Å². The van der Waals surface area contributed by atoms with E-state index in [1.165, 1.54) is 6.42 Å². The van der Waals surface area contributed by atoms with Crippen LogP contribution in [0.2, 0.25) is 5.02 Å². The van der Waals surface area contributed by atoms with Gasteiger partial charge in [-0.05, 0) is 43.9 Å². The summed E-state index contributed by atoms with van der Waals surface area (Å²) in [5.74, 6) is 1.85. The van der Waals surface area contributed by atoms with Crippen LogP contribution < -0.4 is 10.2 Å². The Balaban J connectivity index is 1.86. The van der Waals surface area contributed by atoms with E-state index in [2.05, 4.69) is 27.0 Å². The van der Waals surface area contributed by atoms with Crippen molar-refractivity contribution in [2.45, 2.75) is 65.5 Å². The Kier molecular flexibility index (Phi) is 6.72. The van der Waals surface area contributed by atoms with Gasteiger partial charge >= 0.3 is 6.03 Å². The largest absolute Gasteiger partial charge is 0.338 e. The van der Waals surface area contributed by atoms with Gasteiger partial charge in [0.05, 0.1) is 6.54 Å². The van der Waals surface area contributed by atoms with Crippen molar-refractivity contribution in [3.8, 4) is 0 Å². The fourth-order valence-electron chi connectivity index (χ4n) is 3.30. The molecule has 0 bridgehead atoms. The van der Waals surface area contributed by atoms with E-state index in [4.69, 9.17) is 11.6 Å². The van der Waals surface area contributed by atoms with Gasteiger partial charge in [-0.3, -0.25) is 4.90 Å². The molecule has 1 N–H and O–H groups in total. The lowest BCUT2D eigenvalue weighted by atomic mass is 10.2. The maximum atomic E-state index is 12.9. The van der Waals surface area contributed by atoms with Crippen molar-refractivity contribution in [2.24, 2.45) is 0 Å². The van der Waals surface area contributed by atoms with Crippen molar-refractivity contribution >= 4 is 23.3 Å². The number of nitrogens with one attached hydrogen (secondary N) is 1. The van der Waals surface area contributed by atoms with E-state index in [1.54, 1.807) is 4.90 Å². The lowest BCUT2D eigenvalue weighted by Crippen LogP contribution is -2.40. The average molecular weight is 390 g/mol. The number of hydrogen-bond acceptors (Lipinski definition) is 3. The fraction of sp³-hybridized carbons (Fsp3) is 0.550. The number of hydrogen-bond donors (Lipinski definition) is 1. The highest BCUT2D eigenvalue weighted by atomic mass is 35.5. The third-order valence-electron chi connectivity index (χ3n) is 5.00. The molecule has 0 aliphatic carbocycles. The molecule has 2 heterocycles. The molecular weight excluding hydrogens is 362 g/mol. The third-order valence-corrected chi connectivity index (χ3v) is 5.41. The number of aromatic nitrogens is 3. The summed E-state index contributed by atoms with van der Waals surface area (Å²) in [6.45, 7) is 6.01. The number of nitrogens with zero attached hydrogens (tertiary/aromatic N) is 4. The van der Waals surface area contributed by atoms with Crippen LogP contribution in [0.15, 0.2) is 18.2 Å². The molecule has 2 amide bonds. The van der Waals surface area contributed by atoms with Gasteiger partial charge in [-0.15, -0.1) is 10.2 Å². The molecule has 0 unspecified atom stereocenters. The van der Waals surface area contributed by atoms with Crippen LogP contribution >= 0.6 is 11.6 Å². The summed E-state index contributed by atoms with van der Waals surface area (Å²) in [5.41, 5.74) is 1.76. The maximum absolute atomic E-state index is 12.9. The van der Waals surface area contributed by atoms with Crippen molar-refractivity contribution in [3.63, 3.8) is 0 Å². The normalized spacial score (nSPS) is 13.7. The Morgan fingerprint density at radius 1 is 1.30 bits per heavy atom. The molecular formula is C20H28ClN5O. The van der Waals surface area contributed by atoms with E-state index in [-0.39, 0.29) is 6.03 Å². The van der Waals surface area contributed by atoms with Crippen molar-refractivity contribution in [3.05, 3.63) is 40.4 Å². The highest BCUT2D eigenvalue weighted by molar-refractivity contribution is 6.31. The number of unbranched alkanes of at least 4 members (excludes halogenated alkanes) is 1. The smallest absolute Gasteiger partial charge is 0.322 e. The molecule has 1 aliphatic heterocycles. The van der Waals surface area contributed by atoms with Crippen molar-refractivity contribution in [1.29, 1.82) is 0 Å². The van der Waals surface area contributed by atoms with Crippen molar-refractivity contribution in [2.75, 3.05) is 11.4 Å². The standard InChI is InChI=1S/C20H28ClN5O/c1-3-4-11-22-20(27)26(16-10-9-15(2)17(21)13-16)14-19-24-23-18-8-6-5-7-12-25(18)19/h9-10,13H,3-8,11-12,14H2,1-2H3,(H,22,27). The average Bonchev–Trinajstić information content (AvgIpc) is 2.88. The lowest BCUT2D eigenvalue weighted by molar-refractivity contribution is 0.245. The molecule has 0 radical (unpaired) electrons. The first kappa shape index (κ1) is 19.7. The van der Waals surface area contributed by atoms with E-state index in [0.717, 1.165) is 61.5 Å². The van der Waals surface area contributed by atoms with E-state index in [0.29, 0.717) is 18.1 Å². The molecule has 27 heavy (non-hydrogen) atoms. The molecule has 1 aliphatic rings.